The topological polar surface area (TPSA) is 52.6 Å². The molecule has 0 bridgehead atoms. The Hall–Kier alpha value is -1.79. The van der Waals surface area contributed by atoms with Crippen LogP contribution < -0.4 is 15.5 Å². The standard InChI is InChI=1S/C18H24ClN5S/c1-3-20-18(22-11-15-7-6-13(2)25-15)23-14-8-10-24(12-14)17-16(19)5-4-9-21-17/h4-7,9,14H,3,8,10-12H2,1-2H3,(H2,20,22,23). The zero-order chi connectivity index (χ0) is 17.6. The van der Waals surface area contributed by atoms with Crippen LogP contribution in [-0.4, -0.2) is 36.6 Å². The molecule has 2 aromatic rings. The van der Waals surface area contributed by atoms with Crippen LogP contribution in [0.15, 0.2) is 35.5 Å². The van der Waals surface area contributed by atoms with Crippen LogP contribution in [0.3, 0.4) is 0 Å². The van der Waals surface area contributed by atoms with Gasteiger partial charge in [0.15, 0.2) is 5.96 Å². The molecule has 134 valence electrons. The highest BCUT2D eigenvalue weighted by atomic mass is 35.5. The average molecular weight is 378 g/mol. The third-order valence-corrected chi connectivity index (χ3v) is 5.38. The maximum Gasteiger partial charge on any atom is 0.191 e. The molecule has 2 aromatic heterocycles. The van der Waals surface area contributed by atoms with E-state index in [2.05, 4.69) is 46.5 Å². The number of aryl methyl sites for hydroxylation is 1. The van der Waals surface area contributed by atoms with Crippen LogP contribution in [0.4, 0.5) is 5.82 Å². The largest absolute Gasteiger partial charge is 0.357 e. The van der Waals surface area contributed by atoms with E-state index in [4.69, 9.17) is 16.6 Å². The Bertz CT molecular complexity index is 730. The summed E-state index contributed by atoms with van der Waals surface area (Å²) in [6.45, 7) is 7.57. The molecule has 1 aliphatic rings. The fourth-order valence-electron chi connectivity index (χ4n) is 2.92. The molecule has 2 N–H and O–H groups in total. The van der Waals surface area contributed by atoms with E-state index in [9.17, 15) is 0 Å². The molecule has 3 rings (SSSR count). The monoisotopic (exact) mass is 377 g/mol. The number of guanidine groups is 1. The number of aromatic nitrogens is 1. The normalized spacial score (nSPS) is 17.8. The Morgan fingerprint density at radius 3 is 3.04 bits per heavy atom. The van der Waals surface area contributed by atoms with E-state index < -0.39 is 0 Å². The van der Waals surface area contributed by atoms with Gasteiger partial charge in [0.1, 0.15) is 5.82 Å². The fraction of sp³-hybridized carbons (Fsp3) is 0.444. The first-order valence-electron chi connectivity index (χ1n) is 8.61. The van der Waals surface area contributed by atoms with Gasteiger partial charge in [0.2, 0.25) is 0 Å². The number of aliphatic imine (C=N–C) groups is 1. The Balaban J connectivity index is 1.60. The Labute approximate surface area is 158 Å². The first-order chi connectivity index (χ1) is 12.2. The molecule has 1 saturated heterocycles. The van der Waals surface area contributed by atoms with Gasteiger partial charge in [-0.1, -0.05) is 11.6 Å². The molecule has 0 aromatic carbocycles. The molecular formula is C18H24ClN5S. The van der Waals surface area contributed by atoms with Gasteiger partial charge >= 0.3 is 0 Å². The van der Waals surface area contributed by atoms with Gasteiger partial charge in [-0.15, -0.1) is 11.3 Å². The first kappa shape index (κ1) is 18.0. The lowest BCUT2D eigenvalue weighted by atomic mass is 10.3. The van der Waals surface area contributed by atoms with E-state index in [-0.39, 0.29) is 0 Å². The van der Waals surface area contributed by atoms with E-state index in [0.29, 0.717) is 17.6 Å². The minimum atomic E-state index is 0.334. The molecule has 5 nitrogen and oxygen atoms in total. The van der Waals surface area contributed by atoms with Gasteiger partial charge in [0, 0.05) is 41.6 Å². The highest BCUT2D eigenvalue weighted by Crippen LogP contribution is 2.25. The summed E-state index contributed by atoms with van der Waals surface area (Å²) in [5.74, 6) is 1.73. The number of thiophene rings is 1. The number of hydrogen-bond acceptors (Lipinski definition) is 4. The lowest BCUT2D eigenvalue weighted by Crippen LogP contribution is -2.44. The zero-order valence-corrected chi connectivity index (χ0v) is 16.2. The third kappa shape index (κ3) is 4.86. The lowest BCUT2D eigenvalue weighted by Gasteiger charge is -2.20. The molecule has 1 atom stereocenters. The summed E-state index contributed by atoms with van der Waals surface area (Å²) >= 11 is 8.06. The van der Waals surface area contributed by atoms with Gasteiger partial charge in [-0.2, -0.15) is 0 Å². The van der Waals surface area contributed by atoms with Gasteiger partial charge < -0.3 is 15.5 Å². The van der Waals surface area contributed by atoms with Crippen LogP contribution in [0, 0.1) is 6.92 Å². The van der Waals surface area contributed by atoms with Gasteiger partial charge in [0.25, 0.3) is 0 Å². The minimum Gasteiger partial charge on any atom is -0.357 e. The van der Waals surface area contributed by atoms with Crippen LogP contribution in [0.1, 0.15) is 23.1 Å². The third-order valence-electron chi connectivity index (χ3n) is 4.10. The molecule has 1 unspecified atom stereocenters. The molecule has 0 amide bonds. The van der Waals surface area contributed by atoms with E-state index in [0.717, 1.165) is 37.8 Å². The smallest absolute Gasteiger partial charge is 0.191 e. The number of hydrogen-bond donors (Lipinski definition) is 2. The summed E-state index contributed by atoms with van der Waals surface area (Å²) < 4.78 is 0. The maximum atomic E-state index is 6.27. The molecule has 1 fully saturated rings. The van der Waals surface area contributed by atoms with Gasteiger partial charge in [-0.05, 0) is 44.5 Å². The highest BCUT2D eigenvalue weighted by molar-refractivity contribution is 7.11. The number of halogens is 1. The first-order valence-corrected chi connectivity index (χ1v) is 9.80. The van der Waals surface area contributed by atoms with Crippen molar-refractivity contribution in [2.24, 2.45) is 4.99 Å². The molecule has 3 heterocycles. The summed E-state index contributed by atoms with van der Waals surface area (Å²) in [5, 5.41) is 7.59. The van der Waals surface area contributed by atoms with Crippen LogP contribution in [0.5, 0.6) is 0 Å². The van der Waals surface area contributed by atoms with Crippen molar-refractivity contribution in [2.45, 2.75) is 32.9 Å². The van der Waals surface area contributed by atoms with Gasteiger partial charge in [-0.25, -0.2) is 9.98 Å². The van der Waals surface area contributed by atoms with Crippen molar-refractivity contribution < 1.29 is 0 Å². The van der Waals surface area contributed by atoms with E-state index in [1.165, 1.54) is 9.75 Å². The van der Waals surface area contributed by atoms with Gasteiger partial charge in [0.05, 0.1) is 11.6 Å². The number of rotatable bonds is 5. The highest BCUT2D eigenvalue weighted by Gasteiger charge is 2.25. The molecular weight excluding hydrogens is 354 g/mol. The Morgan fingerprint density at radius 1 is 1.44 bits per heavy atom. The second kappa shape index (κ2) is 8.54. The second-order valence-electron chi connectivity index (χ2n) is 6.09. The molecule has 25 heavy (non-hydrogen) atoms. The summed E-state index contributed by atoms with van der Waals surface area (Å²) in [7, 11) is 0. The Kier molecular flexibility index (Phi) is 6.15. The summed E-state index contributed by atoms with van der Waals surface area (Å²) in [6, 6.07) is 8.37. The average Bonchev–Trinajstić information content (AvgIpc) is 3.22. The minimum absolute atomic E-state index is 0.334. The number of anilines is 1. The number of nitrogens with zero attached hydrogens (tertiary/aromatic N) is 3. The molecule has 1 aliphatic heterocycles. The molecule has 0 saturated carbocycles. The predicted octanol–water partition coefficient (Wildman–Crippen LogP) is 3.44. The van der Waals surface area contributed by atoms with Crippen molar-refractivity contribution in [3.63, 3.8) is 0 Å². The lowest BCUT2D eigenvalue weighted by molar-refractivity contribution is 0.649. The van der Waals surface area contributed by atoms with Crippen molar-refractivity contribution in [3.8, 4) is 0 Å². The van der Waals surface area contributed by atoms with Gasteiger partial charge in [-0.3, -0.25) is 0 Å². The number of nitrogens with one attached hydrogen (secondary N) is 2. The molecule has 0 spiro atoms. The summed E-state index contributed by atoms with van der Waals surface area (Å²) in [6.07, 6.45) is 2.83. The fourth-order valence-corrected chi connectivity index (χ4v) is 3.98. The van der Waals surface area contributed by atoms with Crippen molar-refractivity contribution in [1.82, 2.24) is 15.6 Å². The zero-order valence-electron chi connectivity index (χ0n) is 14.6. The van der Waals surface area contributed by atoms with E-state index >= 15 is 0 Å². The van der Waals surface area contributed by atoms with Crippen molar-refractivity contribution in [2.75, 3.05) is 24.5 Å². The summed E-state index contributed by atoms with van der Waals surface area (Å²) in [5.41, 5.74) is 0. The SMILES string of the molecule is CCNC(=NCc1ccc(C)s1)NC1CCN(c2ncccc2Cl)C1. The summed E-state index contributed by atoms with van der Waals surface area (Å²) in [4.78, 5) is 14.0. The van der Waals surface area contributed by atoms with Crippen LogP contribution >= 0.6 is 22.9 Å². The maximum absolute atomic E-state index is 6.27. The number of pyridine rings is 1. The van der Waals surface area contributed by atoms with E-state index in [1.54, 1.807) is 17.5 Å². The molecule has 0 radical (unpaired) electrons. The molecule has 7 heteroatoms. The van der Waals surface area contributed by atoms with Crippen molar-refractivity contribution in [3.05, 3.63) is 45.2 Å². The predicted molar refractivity (Wildman–Crippen MR) is 107 cm³/mol. The van der Waals surface area contributed by atoms with Crippen molar-refractivity contribution in [1.29, 1.82) is 0 Å². The van der Waals surface area contributed by atoms with Crippen LogP contribution in [0.25, 0.3) is 0 Å². The second-order valence-corrected chi connectivity index (χ2v) is 7.87. The quantitative estimate of drug-likeness (QED) is 0.619. The van der Waals surface area contributed by atoms with Crippen molar-refractivity contribution >= 4 is 34.7 Å². The van der Waals surface area contributed by atoms with Crippen LogP contribution in [-0.2, 0) is 6.54 Å². The van der Waals surface area contributed by atoms with Crippen LogP contribution in [0.2, 0.25) is 5.02 Å². The Morgan fingerprint density at radius 2 is 2.32 bits per heavy atom. The molecule has 0 aliphatic carbocycles. The van der Waals surface area contributed by atoms with E-state index in [1.807, 2.05) is 12.1 Å².